The highest BCUT2D eigenvalue weighted by Crippen LogP contribution is 2.21. The number of hydrogen-bond donors (Lipinski definition) is 2. The van der Waals surface area contributed by atoms with Crippen LogP contribution in [0.4, 0.5) is 0 Å². The summed E-state index contributed by atoms with van der Waals surface area (Å²) in [5.41, 5.74) is 5.72. The molecule has 0 spiro atoms. The van der Waals surface area contributed by atoms with Crippen LogP contribution in [0.25, 0.3) is 0 Å². The number of ether oxygens (including phenoxy) is 1. The Morgan fingerprint density at radius 1 is 1.29 bits per heavy atom. The largest absolute Gasteiger partial charge is 0.473 e. The third kappa shape index (κ3) is 3.05. The van der Waals surface area contributed by atoms with Gasteiger partial charge in [-0.15, -0.1) is 0 Å². The van der Waals surface area contributed by atoms with Gasteiger partial charge in [-0.25, -0.2) is 9.97 Å². The summed E-state index contributed by atoms with van der Waals surface area (Å²) < 4.78 is 5.71. The third-order valence-corrected chi connectivity index (χ3v) is 2.84. The van der Waals surface area contributed by atoms with Crippen LogP contribution < -0.4 is 10.5 Å². The Morgan fingerprint density at radius 2 is 2.06 bits per heavy atom. The molecule has 0 unspecified atom stereocenters. The van der Waals surface area contributed by atoms with Crippen molar-refractivity contribution >= 4 is 5.84 Å². The molecule has 92 valence electrons. The number of nitrogens with zero attached hydrogens (tertiary/aromatic N) is 3. The lowest BCUT2D eigenvalue weighted by atomic mass is 9.98. The Balaban J connectivity index is 1.97. The van der Waals surface area contributed by atoms with Crippen LogP contribution in [0, 0.1) is 0 Å². The molecule has 0 saturated heterocycles. The minimum absolute atomic E-state index is 0.0540. The minimum atomic E-state index is -0.0540. The van der Waals surface area contributed by atoms with Gasteiger partial charge in [0.1, 0.15) is 11.8 Å². The van der Waals surface area contributed by atoms with Crippen molar-refractivity contribution in [1.82, 2.24) is 9.97 Å². The van der Waals surface area contributed by atoms with Crippen molar-refractivity contribution < 1.29 is 9.94 Å². The molecule has 0 amide bonds. The third-order valence-electron chi connectivity index (χ3n) is 2.84. The van der Waals surface area contributed by atoms with Gasteiger partial charge in [0, 0.05) is 0 Å². The van der Waals surface area contributed by atoms with Gasteiger partial charge in [0.05, 0.1) is 12.4 Å². The Labute approximate surface area is 99.5 Å². The van der Waals surface area contributed by atoms with Gasteiger partial charge in [-0.3, -0.25) is 0 Å². The lowest BCUT2D eigenvalue weighted by molar-refractivity contribution is 0.148. The fraction of sp³-hybridized carbons (Fsp3) is 0.545. The van der Waals surface area contributed by atoms with Crippen LogP contribution in [0.2, 0.25) is 0 Å². The molecule has 1 aliphatic carbocycles. The standard InChI is InChI=1S/C11H16N4O2/c12-11(15-16)9-6-14-10(7-13-9)17-8-4-2-1-3-5-8/h6-8,16H,1-5H2,(H2,12,15). The van der Waals surface area contributed by atoms with Crippen LogP contribution in [-0.4, -0.2) is 27.1 Å². The summed E-state index contributed by atoms with van der Waals surface area (Å²) in [6.45, 7) is 0. The molecule has 1 heterocycles. The van der Waals surface area contributed by atoms with Gasteiger partial charge in [0.15, 0.2) is 5.84 Å². The van der Waals surface area contributed by atoms with E-state index in [0.29, 0.717) is 11.6 Å². The quantitative estimate of drug-likeness (QED) is 0.357. The zero-order valence-electron chi connectivity index (χ0n) is 9.54. The zero-order chi connectivity index (χ0) is 12.1. The van der Waals surface area contributed by atoms with E-state index in [1.807, 2.05) is 0 Å². The van der Waals surface area contributed by atoms with E-state index in [9.17, 15) is 0 Å². The van der Waals surface area contributed by atoms with E-state index < -0.39 is 0 Å². The van der Waals surface area contributed by atoms with Crippen molar-refractivity contribution in [3.8, 4) is 5.88 Å². The molecule has 0 bridgehead atoms. The molecule has 0 aliphatic heterocycles. The Hall–Kier alpha value is -1.85. The predicted molar refractivity (Wildman–Crippen MR) is 62.0 cm³/mol. The van der Waals surface area contributed by atoms with Crippen molar-refractivity contribution in [3.63, 3.8) is 0 Å². The fourth-order valence-electron chi connectivity index (χ4n) is 1.91. The number of oxime groups is 1. The zero-order valence-corrected chi connectivity index (χ0v) is 9.54. The van der Waals surface area contributed by atoms with Crippen LogP contribution in [0.15, 0.2) is 17.5 Å². The number of nitrogens with two attached hydrogens (primary N) is 1. The average molecular weight is 236 g/mol. The topological polar surface area (TPSA) is 93.6 Å². The van der Waals surface area contributed by atoms with Crippen molar-refractivity contribution in [1.29, 1.82) is 0 Å². The summed E-state index contributed by atoms with van der Waals surface area (Å²) in [5, 5.41) is 11.3. The normalized spacial score (nSPS) is 18.0. The maximum absolute atomic E-state index is 8.48. The second kappa shape index (κ2) is 5.47. The molecule has 0 radical (unpaired) electrons. The molecule has 3 N–H and O–H groups in total. The molecule has 6 nitrogen and oxygen atoms in total. The van der Waals surface area contributed by atoms with E-state index in [2.05, 4.69) is 15.1 Å². The van der Waals surface area contributed by atoms with Crippen LogP contribution in [0.1, 0.15) is 37.8 Å². The number of aromatic nitrogens is 2. The maximum Gasteiger partial charge on any atom is 0.232 e. The first-order chi connectivity index (χ1) is 8.29. The summed E-state index contributed by atoms with van der Waals surface area (Å²) in [4.78, 5) is 8.10. The highest BCUT2D eigenvalue weighted by atomic mass is 16.5. The van der Waals surface area contributed by atoms with Crippen LogP contribution in [0.5, 0.6) is 5.88 Å². The smallest absolute Gasteiger partial charge is 0.232 e. The van der Waals surface area contributed by atoms with Crippen molar-refractivity contribution in [3.05, 3.63) is 18.1 Å². The summed E-state index contributed by atoms with van der Waals surface area (Å²) in [5.74, 6) is 0.438. The van der Waals surface area contributed by atoms with E-state index in [1.165, 1.54) is 31.7 Å². The molecule has 0 atom stereocenters. The monoisotopic (exact) mass is 236 g/mol. The molecule has 1 saturated carbocycles. The van der Waals surface area contributed by atoms with Gasteiger partial charge in [-0.05, 0) is 25.7 Å². The molecule has 1 aromatic heterocycles. The van der Waals surface area contributed by atoms with Gasteiger partial charge in [-0.2, -0.15) is 0 Å². The molecule has 1 fully saturated rings. The SMILES string of the molecule is NC(=NO)c1cnc(OC2CCCCC2)cn1. The molecule has 0 aromatic carbocycles. The van der Waals surface area contributed by atoms with Crippen molar-refractivity contribution in [2.45, 2.75) is 38.2 Å². The summed E-state index contributed by atoms with van der Waals surface area (Å²) in [6, 6.07) is 0. The second-order valence-corrected chi connectivity index (χ2v) is 4.10. The minimum Gasteiger partial charge on any atom is -0.473 e. The fourth-order valence-corrected chi connectivity index (χ4v) is 1.91. The van der Waals surface area contributed by atoms with Crippen LogP contribution in [0.3, 0.4) is 0 Å². The first-order valence-electron chi connectivity index (χ1n) is 5.76. The predicted octanol–water partition coefficient (Wildman–Crippen LogP) is 1.28. The van der Waals surface area contributed by atoms with Crippen LogP contribution >= 0.6 is 0 Å². The summed E-state index contributed by atoms with van der Waals surface area (Å²) in [6.07, 6.45) is 9.03. The van der Waals surface area contributed by atoms with Crippen molar-refractivity contribution in [2.24, 2.45) is 10.9 Å². The van der Waals surface area contributed by atoms with Gasteiger partial charge in [-0.1, -0.05) is 11.6 Å². The highest BCUT2D eigenvalue weighted by molar-refractivity contribution is 5.94. The van der Waals surface area contributed by atoms with E-state index >= 15 is 0 Å². The van der Waals surface area contributed by atoms with Crippen molar-refractivity contribution in [2.75, 3.05) is 0 Å². The second-order valence-electron chi connectivity index (χ2n) is 4.10. The average Bonchev–Trinajstić information content (AvgIpc) is 2.40. The van der Waals surface area contributed by atoms with Crippen LogP contribution in [-0.2, 0) is 0 Å². The Morgan fingerprint density at radius 3 is 2.65 bits per heavy atom. The van der Waals surface area contributed by atoms with Gasteiger partial charge >= 0.3 is 0 Å². The molecular weight excluding hydrogens is 220 g/mol. The lowest BCUT2D eigenvalue weighted by Gasteiger charge is -2.22. The number of hydrogen-bond acceptors (Lipinski definition) is 5. The maximum atomic E-state index is 8.48. The molecule has 17 heavy (non-hydrogen) atoms. The first-order valence-corrected chi connectivity index (χ1v) is 5.76. The lowest BCUT2D eigenvalue weighted by Crippen LogP contribution is -2.21. The molecule has 1 aliphatic rings. The Bertz CT molecular complexity index is 385. The van der Waals surface area contributed by atoms with E-state index in [4.69, 9.17) is 15.7 Å². The van der Waals surface area contributed by atoms with E-state index in [1.54, 1.807) is 0 Å². The van der Waals surface area contributed by atoms with Gasteiger partial charge in [0.25, 0.3) is 0 Å². The first kappa shape index (κ1) is 11.6. The van der Waals surface area contributed by atoms with E-state index in [-0.39, 0.29) is 11.9 Å². The Kier molecular flexibility index (Phi) is 3.74. The van der Waals surface area contributed by atoms with Gasteiger partial charge in [0.2, 0.25) is 5.88 Å². The summed E-state index contributed by atoms with van der Waals surface area (Å²) >= 11 is 0. The molecule has 6 heteroatoms. The van der Waals surface area contributed by atoms with E-state index in [0.717, 1.165) is 12.8 Å². The van der Waals surface area contributed by atoms with Gasteiger partial charge < -0.3 is 15.7 Å². The molecule has 1 aromatic rings. The summed E-state index contributed by atoms with van der Waals surface area (Å²) in [7, 11) is 0. The number of rotatable bonds is 3. The molecule has 2 rings (SSSR count). The number of amidine groups is 1. The molecular formula is C11H16N4O2. The highest BCUT2D eigenvalue weighted by Gasteiger charge is 2.15.